The minimum absolute atomic E-state index is 0.0325. The quantitative estimate of drug-likeness (QED) is 0.514. The Kier molecular flexibility index (Phi) is 8.57. The number of rotatable bonds is 7. The van der Waals surface area contributed by atoms with Crippen molar-refractivity contribution in [3.63, 3.8) is 0 Å². The van der Waals surface area contributed by atoms with E-state index < -0.39 is 5.97 Å². The maximum Gasteiger partial charge on any atom is 0.338 e. The lowest BCUT2D eigenvalue weighted by Gasteiger charge is -2.44. The Morgan fingerprint density at radius 1 is 1.06 bits per heavy atom. The topological polar surface area (TPSA) is 59.1 Å². The average Bonchev–Trinajstić information content (AvgIpc) is 2.76. The van der Waals surface area contributed by atoms with Crippen LogP contribution in [-0.4, -0.2) is 60.1 Å². The molecule has 0 N–H and O–H groups in total. The number of amides is 1. The van der Waals surface area contributed by atoms with Gasteiger partial charge >= 0.3 is 5.97 Å². The molecular formula is C24H27Cl2FN2O4. The van der Waals surface area contributed by atoms with Crippen LogP contribution in [0.5, 0.6) is 5.75 Å². The van der Waals surface area contributed by atoms with Crippen LogP contribution in [0.1, 0.15) is 36.7 Å². The molecule has 1 aliphatic rings. The van der Waals surface area contributed by atoms with Crippen molar-refractivity contribution in [2.75, 3.05) is 26.3 Å². The Balaban J connectivity index is 1.60. The Morgan fingerprint density at radius 2 is 1.70 bits per heavy atom. The van der Waals surface area contributed by atoms with Crippen molar-refractivity contribution >= 4 is 35.1 Å². The van der Waals surface area contributed by atoms with Gasteiger partial charge in [-0.25, -0.2) is 9.18 Å². The highest BCUT2D eigenvalue weighted by molar-refractivity contribution is 6.37. The van der Waals surface area contributed by atoms with Gasteiger partial charge in [-0.2, -0.15) is 0 Å². The van der Waals surface area contributed by atoms with Gasteiger partial charge in [0.2, 0.25) is 0 Å². The van der Waals surface area contributed by atoms with E-state index in [1.165, 1.54) is 24.3 Å². The van der Waals surface area contributed by atoms with Crippen molar-refractivity contribution in [1.29, 1.82) is 0 Å². The number of hydrogen-bond acceptors (Lipinski definition) is 5. The van der Waals surface area contributed by atoms with Crippen LogP contribution < -0.4 is 4.74 Å². The summed E-state index contributed by atoms with van der Waals surface area (Å²) in [5, 5.41) is 0.257. The van der Waals surface area contributed by atoms with Crippen LogP contribution >= 0.6 is 23.2 Å². The molecule has 1 fully saturated rings. The molecule has 2 aromatic carbocycles. The molecule has 2 aromatic rings. The van der Waals surface area contributed by atoms with E-state index >= 15 is 0 Å². The second kappa shape index (κ2) is 11.2. The van der Waals surface area contributed by atoms with Gasteiger partial charge in [0.05, 0.1) is 22.2 Å². The largest absolute Gasteiger partial charge is 0.481 e. The number of hydrogen-bond donors (Lipinski definition) is 0. The molecule has 0 aliphatic carbocycles. The first-order chi connectivity index (χ1) is 15.7. The lowest BCUT2D eigenvalue weighted by molar-refractivity contribution is -0.139. The normalized spacial score (nSPS) is 18.8. The Bertz CT molecular complexity index is 979. The highest BCUT2D eigenvalue weighted by Crippen LogP contribution is 2.34. The molecule has 3 rings (SSSR count). The predicted octanol–water partition coefficient (Wildman–Crippen LogP) is 4.81. The van der Waals surface area contributed by atoms with E-state index in [1.807, 2.05) is 6.92 Å². The molecule has 0 saturated carbocycles. The number of carbonyl (C=O) groups is 2. The zero-order valence-electron chi connectivity index (χ0n) is 18.8. The van der Waals surface area contributed by atoms with Crippen LogP contribution in [-0.2, 0) is 16.1 Å². The number of esters is 1. The molecule has 0 unspecified atom stereocenters. The van der Waals surface area contributed by atoms with Gasteiger partial charge in [0.25, 0.3) is 5.91 Å². The van der Waals surface area contributed by atoms with Crippen LogP contribution in [0.3, 0.4) is 0 Å². The summed E-state index contributed by atoms with van der Waals surface area (Å²) in [5.74, 6) is -0.829. The van der Waals surface area contributed by atoms with E-state index in [4.69, 9.17) is 32.7 Å². The highest BCUT2D eigenvalue weighted by atomic mass is 35.5. The molecule has 2 atom stereocenters. The van der Waals surface area contributed by atoms with E-state index in [2.05, 4.69) is 11.8 Å². The van der Waals surface area contributed by atoms with Gasteiger partial charge in [-0.15, -0.1) is 0 Å². The summed E-state index contributed by atoms with van der Waals surface area (Å²) in [5.41, 5.74) is 1.24. The van der Waals surface area contributed by atoms with Gasteiger partial charge < -0.3 is 14.4 Å². The third-order valence-electron chi connectivity index (χ3n) is 5.58. The third kappa shape index (κ3) is 6.37. The van der Waals surface area contributed by atoms with Crippen LogP contribution in [0.25, 0.3) is 0 Å². The molecule has 1 saturated heterocycles. The minimum atomic E-state index is -0.537. The van der Waals surface area contributed by atoms with Crippen molar-refractivity contribution in [3.05, 3.63) is 63.4 Å². The van der Waals surface area contributed by atoms with Gasteiger partial charge in [0.15, 0.2) is 12.4 Å². The predicted molar refractivity (Wildman–Crippen MR) is 125 cm³/mol. The second-order valence-corrected chi connectivity index (χ2v) is 8.89. The first kappa shape index (κ1) is 25.3. The average molecular weight is 497 g/mol. The van der Waals surface area contributed by atoms with E-state index in [-0.39, 0.29) is 58.4 Å². The first-order valence-corrected chi connectivity index (χ1v) is 11.5. The summed E-state index contributed by atoms with van der Waals surface area (Å²) in [7, 11) is 0. The lowest BCUT2D eigenvalue weighted by Crippen LogP contribution is -2.58. The number of carbonyl (C=O) groups excluding carboxylic acids is 2. The smallest absolute Gasteiger partial charge is 0.338 e. The van der Waals surface area contributed by atoms with Crippen molar-refractivity contribution < 1.29 is 23.5 Å². The molecular weight excluding hydrogens is 470 g/mol. The van der Waals surface area contributed by atoms with Crippen molar-refractivity contribution in [2.45, 2.75) is 39.4 Å². The summed E-state index contributed by atoms with van der Waals surface area (Å²) >= 11 is 12.5. The van der Waals surface area contributed by atoms with Gasteiger partial charge in [-0.3, -0.25) is 9.69 Å². The summed E-state index contributed by atoms with van der Waals surface area (Å²) in [6.45, 7) is 7.64. The lowest BCUT2D eigenvalue weighted by atomic mass is 10.1. The van der Waals surface area contributed by atoms with Crippen molar-refractivity contribution in [3.8, 4) is 5.75 Å². The summed E-state index contributed by atoms with van der Waals surface area (Å²) in [4.78, 5) is 28.8. The molecule has 178 valence electrons. The first-order valence-electron chi connectivity index (χ1n) is 10.8. The van der Waals surface area contributed by atoms with E-state index in [1.54, 1.807) is 24.0 Å². The summed E-state index contributed by atoms with van der Waals surface area (Å²) in [6.07, 6.45) is 0. The molecule has 1 amide bonds. The van der Waals surface area contributed by atoms with Crippen LogP contribution in [0.15, 0.2) is 36.4 Å². The number of piperazine rings is 1. The monoisotopic (exact) mass is 496 g/mol. The summed E-state index contributed by atoms with van der Waals surface area (Å²) in [6, 6.07) is 9.36. The second-order valence-electron chi connectivity index (χ2n) is 8.08. The van der Waals surface area contributed by atoms with Gasteiger partial charge in [-0.05, 0) is 50.6 Å². The van der Waals surface area contributed by atoms with Crippen LogP contribution in [0, 0.1) is 5.82 Å². The summed E-state index contributed by atoms with van der Waals surface area (Å²) < 4.78 is 23.8. The van der Waals surface area contributed by atoms with E-state index in [0.29, 0.717) is 19.6 Å². The molecule has 33 heavy (non-hydrogen) atoms. The molecule has 0 spiro atoms. The van der Waals surface area contributed by atoms with Crippen LogP contribution in [0.4, 0.5) is 4.39 Å². The number of halogens is 3. The Labute approximate surface area is 203 Å². The molecule has 1 aliphatic heterocycles. The fraction of sp³-hybridized carbons (Fsp3) is 0.417. The Morgan fingerprint density at radius 3 is 2.30 bits per heavy atom. The molecule has 1 heterocycles. The maximum atomic E-state index is 13.2. The Hall–Kier alpha value is -2.35. The van der Waals surface area contributed by atoms with Crippen LogP contribution in [0.2, 0.25) is 10.0 Å². The SMILES string of the molecule is CCOC(=O)c1cc(Cl)c(OCC(=O)N2C[C@H](C)N(Cc3ccc(F)cc3)C[C@H]2C)c(Cl)c1. The fourth-order valence-corrected chi connectivity index (χ4v) is 4.43. The van der Waals surface area contributed by atoms with Crippen molar-refractivity contribution in [1.82, 2.24) is 9.80 Å². The zero-order chi connectivity index (χ0) is 24.1. The maximum absolute atomic E-state index is 13.2. The number of ether oxygens (including phenoxy) is 2. The molecule has 6 nitrogen and oxygen atoms in total. The van der Waals surface area contributed by atoms with E-state index in [0.717, 1.165) is 5.56 Å². The van der Waals surface area contributed by atoms with E-state index in [9.17, 15) is 14.0 Å². The number of nitrogens with zero attached hydrogens (tertiary/aromatic N) is 2. The molecule has 0 bridgehead atoms. The van der Waals surface area contributed by atoms with Gasteiger partial charge in [0.1, 0.15) is 5.82 Å². The highest BCUT2D eigenvalue weighted by Gasteiger charge is 2.32. The molecule has 9 heteroatoms. The van der Waals surface area contributed by atoms with Gasteiger partial charge in [0, 0.05) is 31.7 Å². The molecule has 0 aromatic heterocycles. The molecule has 0 radical (unpaired) electrons. The van der Waals surface area contributed by atoms with Gasteiger partial charge in [-0.1, -0.05) is 35.3 Å². The standard InChI is InChI=1S/C24H27Cl2FN2O4/c1-4-32-24(31)18-9-20(25)23(21(26)10-18)33-14-22(30)29-12-15(2)28(11-16(29)3)13-17-5-7-19(27)8-6-17/h5-10,15-16H,4,11-14H2,1-3H3/t15-,16+/m0/s1. The minimum Gasteiger partial charge on any atom is -0.481 e. The van der Waals surface area contributed by atoms with Crippen molar-refractivity contribution in [2.24, 2.45) is 0 Å². The third-order valence-corrected chi connectivity index (χ3v) is 6.15. The number of benzene rings is 2. The zero-order valence-corrected chi connectivity index (χ0v) is 20.3. The fourth-order valence-electron chi connectivity index (χ4n) is 3.84.